The van der Waals surface area contributed by atoms with Crippen LogP contribution in [0, 0.1) is 5.41 Å². The van der Waals surface area contributed by atoms with Crippen LogP contribution in [-0.2, 0) is 19.1 Å². The molecule has 0 saturated heterocycles. The molecule has 0 N–H and O–H groups in total. The molecule has 37 heavy (non-hydrogen) atoms. The summed E-state index contributed by atoms with van der Waals surface area (Å²) < 4.78 is 11.1. The second-order valence-corrected chi connectivity index (χ2v) is 10.8. The minimum Gasteiger partial charge on any atom is -0.431 e. The average molecular weight is 525 g/mol. The highest BCUT2D eigenvalue weighted by atomic mass is 35.5. The van der Waals surface area contributed by atoms with Crippen LogP contribution >= 0.6 is 11.6 Å². The van der Waals surface area contributed by atoms with Crippen molar-refractivity contribution >= 4 is 23.4 Å². The van der Waals surface area contributed by atoms with Crippen LogP contribution in [0.25, 0.3) is 0 Å². The predicted molar refractivity (Wildman–Crippen MR) is 152 cm³/mol. The lowest BCUT2D eigenvalue weighted by molar-refractivity contribution is -0.182. The fourth-order valence-electron chi connectivity index (χ4n) is 4.33. The van der Waals surface area contributed by atoms with Gasteiger partial charge in [0, 0.05) is 17.0 Å². The van der Waals surface area contributed by atoms with Gasteiger partial charge in [-0.2, -0.15) is 0 Å². The molecule has 0 bridgehead atoms. The summed E-state index contributed by atoms with van der Waals surface area (Å²) in [4.78, 5) is 24.5. The number of carbonyl (C=O) groups is 2. The van der Waals surface area contributed by atoms with Gasteiger partial charge in [0.15, 0.2) is 5.78 Å². The van der Waals surface area contributed by atoms with E-state index < -0.39 is 6.29 Å². The van der Waals surface area contributed by atoms with E-state index in [0.717, 1.165) is 11.1 Å². The number of ketones is 1. The summed E-state index contributed by atoms with van der Waals surface area (Å²) in [6.07, 6.45) is 15.4. The summed E-state index contributed by atoms with van der Waals surface area (Å²) in [6, 6.07) is 6.82. The molecule has 1 atom stereocenters. The molecule has 200 valence electrons. The zero-order valence-electron chi connectivity index (χ0n) is 23.1. The number of halogens is 1. The van der Waals surface area contributed by atoms with Gasteiger partial charge in [0.1, 0.15) is 6.61 Å². The number of allylic oxidation sites excluding steroid dienone is 9. The molecular weight excluding hydrogens is 484 g/mol. The molecule has 1 aliphatic carbocycles. The first-order valence-corrected chi connectivity index (χ1v) is 13.4. The van der Waals surface area contributed by atoms with Crippen LogP contribution in [0.15, 0.2) is 83.0 Å². The number of esters is 1. The summed E-state index contributed by atoms with van der Waals surface area (Å²) in [6.45, 7) is 12.5. The molecule has 0 fully saturated rings. The van der Waals surface area contributed by atoms with Gasteiger partial charge in [-0.3, -0.25) is 9.59 Å². The molecule has 0 saturated carbocycles. The lowest BCUT2D eigenvalue weighted by Crippen LogP contribution is -2.19. The monoisotopic (exact) mass is 524 g/mol. The number of benzene rings is 1. The van der Waals surface area contributed by atoms with E-state index in [-0.39, 0.29) is 30.2 Å². The van der Waals surface area contributed by atoms with Crippen molar-refractivity contribution in [3.63, 3.8) is 0 Å². The first-order chi connectivity index (χ1) is 17.5. The van der Waals surface area contributed by atoms with Gasteiger partial charge in [-0.15, -0.1) is 0 Å². The molecule has 0 heterocycles. The largest absolute Gasteiger partial charge is 0.431 e. The van der Waals surface area contributed by atoms with Crippen molar-refractivity contribution in [2.45, 2.75) is 79.9 Å². The zero-order valence-corrected chi connectivity index (χ0v) is 23.9. The number of hydrogen-bond acceptors (Lipinski definition) is 4. The van der Waals surface area contributed by atoms with Gasteiger partial charge < -0.3 is 9.47 Å². The second-order valence-electron chi connectivity index (χ2n) is 10.3. The van der Waals surface area contributed by atoms with E-state index >= 15 is 0 Å². The first kappa shape index (κ1) is 30.5. The highest BCUT2D eigenvalue weighted by Crippen LogP contribution is 2.40. The molecule has 1 aromatic carbocycles. The van der Waals surface area contributed by atoms with Crippen LogP contribution in [0.5, 0.6) is 0 Å². The van der Waals surface area contributed by atoms with E-state index in [1.807, 2.05) is 32.1 Å². The Hall–Kier alpha value is -2.69. The van der Waals surface area contributed by atoms with Crippen molar-refractivity contribution in [1.29, 1.82) is 0 Å². The third-order valence-electron chi connectivity index (χ3n) is 6.37. The maximum atomic E-state index is 12.5. The predicted octanol–water partition coefficient (Wildman–Crippen LogP) is 8.80. The highest BCUT2D eigenvalue weighted by Gasteiger charge is 2.26. The Balaban J connectivity index is 1.97. The van der Waals surface area contributed by atoms with E-state index in [2.05, 4.69) is 39.8 Å². The van der Waals surface area contributed by atoms with Gasteiger partial charge in [0.2, 0.25) is 6.29 Å². The Morgan fingerprint density at radius 3 is 2.46 bits per heavy atom. The zero-order chi connectivity index (χ0) is 27.4. The van der Waals surface area contributed by atoms with Crippen molar-refractivity contribution in [2.75, 3.05) is 6.61 Å². The minimum absolute atomic E-state index is 0.209. The third kappa shape index (κ3) is 10.7. The van der Waals surface area contributed by atoms with E-state index in [1.54, 1.807) is 24.3 Å². The molecule has 0 aliphatic heterocycles. The van der Waals surface area contributed by atoms with Crippen LogP contribution in [0.1, 0.15) is 85.5 Å². The lowest BCUT2D eigenvalue weighted by atomic mass is 9.72. The van der Waals surface area contributed by atoms with Crippen LogP contribution < -0.4 is 0 Å². The van der Waals surface area contributed by atoms with Gasteiger partial charge in [-0.1, -0.05) is 86.0 Å². The number of ether oxygens (including phenoxy) is 2. The molecule has 1 aliphatic rings. The van der Waals surface area contributed by atoms with Crippen molar-refractivity contribution in [2.24, 2.45) is 5.41 Å². The summed E-state index contributed by atoms with van der Waals surface area (Å²) in [5, 5.41) is 0.564. The molecule has 0 spiro atoms. The molecule has 0 amide bonds. The summed E-state index contributed by atoms with van der Waals surface area (Å²) >= 11 is 5.96. The normalized spacial score (nSPS) is 17.5. The van der Waals surface area contributed by atoms with Crippen molar-refractivity contribution in [1.82, 2.24) is 0 Å². The Morgan fingerprint density at radius 1 is 1.11 bits per heavy atom. The van der Waals surface area contributed by atoms with Crippen molar-refractivity contribution in [3.05, 3.63) is 93.6 Å². The van der Waals surface area contributed by atoms with Crippen LogP contribution in [0.3, 0.4) is 0 Å². The quantitative estimate of drug-likeness (QED) is 0.119. The second kappa shape index (κ2) is 14.9. The molecule has 1 unspecified atom stereocenters. The first-order valence-electron chi connectivity index (χ1n) is 13.0. The standard InChI is InChI=1S/C32H41ClO4/c1-7-10-30(35)37-31(26-15-17-27(33)18-16-26)36-22-28(34)21-24(3)12-8-11-23(2)14-19-29-25(4)13-9-20-32(29,5)6/h8,11-12,14-19,21,31H,7,9-10,13,20,22H2,1-6H3/b12-8+,19-14+,23-11+,24-21+. The topological polar surface area (TPSA) is 52.6 Å². The maximum Gasteiger partial charge on any atom is 0.308 e. The molecule has 5 heteroatoms. The average Bonchev–Trinajstić information content (AvgIpc) is 2.81. The summed E-state index contributed by atoms with van der Waals surface area (Å²) in [5.74, 6) is -0.588. The molecule has 0 aromatic heterocycles. The van der Waals surface area contributed by atoms with Crippen LogP contribution in [0.4, 0.5) is 0 Å². The number of carbonyl (C=O) groups excluding carboxylic acids is 2. The van der Waals surface area contributed by atoms with Crippen molar-refractivity contribution < 1.29 is 19.1 Å². The van der Waals surface area contributed by atoms with Gasteiger partial charge >= 0.3 is 5.97 Å². The number of hydrogen-bond donors (Lipinski definition) is 0. The minimum atomic E-state index is -0.963. The van der Waals surface area contributed by atoms with E-state index in [0.29, 0.717) is 17.0 Å². The number of rotatable bonds is 12. The third-order valence-corrected chi connectivity index (χ3v) is 6.63. The molecule has 2 rings (SSSR count). The fourth-order valence-corrected chi connectivity index (χ4v) is 4.46. The molecule has 0 radical (unpaired) electrons. The van der Waals surface area contributed by atoms with Crippen LogP contribution in [0.2, 0.25) is 5.02 Å². The van der Waals surface area contributed by atoms with Gasteiger partial charge in [0.25, 0.3) is 0 Å². The lowest BCUT2D eigenvalue weighted by Gasteiger charge is -2.32. The Morgan fingerprint density at radius 2 is 1.81 bits per heavy atom. The smallest absolute Gasteiger partial charge is 0.308 e. The Kier molecular flexibility index (Phi) is 12.3. The van der Waals surface area contributed by atoms with Crippen molar-refractivity contribution in [3.8, 4) is 0 Å². The molecular formula is C32H41ClO4. The fraction of sp³-hybridized carbons (Fsp3) is 0.438. The Bertz CT molecular complexity index is 1080. The van der Waals surface area contributed by atoms with Crippen LogP contribution in [-0.4, -0.2) is 18.4 Å². The van der Waals surface area contributed by atoms with Gasteiger partial charge in [0.05, 0.1) is 0 Å². The molecule has 4 nitrogen and oxygen atoms in total. The summed E-state index contributed by atoms with van der Waals surface area (Å²) in [7, 11) is 0. The Labute approximate surface area is 227 Å². The highest BCUT2D eigenvalue weighted by molar-refractivity contribution is 6.30. The van der Waals surface area contributed by atoms with E-state index in [9.17, 15) is 9.59 Å². The van der Waals surface area contributed by atoms with Gasteiger partial charge in [-0.05, 0) is 81.2 Å². The SMILES string of the molecule is CCCC(=O)OC(OCC(=O)/C=C(C)/C=C/C=C(C)/C=C/C1=C(C)CCCC1(C)C)c1ccc(Cl)cc1. The molecule has 1 aromatic rings. The summed E-state index contributed by atoms with van der Waals surface area (Å²) in [5.41, 5.74) is 5.71. The van der Waals surface area contributed by atoms with E-state index in [4.69, 9.17) is 21.1 Å². The van der Waals surface area contributed by atoms with E-state index in [1.165, 1.54) is 36.5 Å². The van der Waals surface area contributed by atoms with Gasteiger partial charge in [-0.25, -0.2) is 0 Å². The maximum absolute atomic E-state index is 12.5.